The molecule has 0 aliphatic carbocycles. The molecular weight excluding hydrogens is 318 g/mol. The van der Waals surface area contributed by atoms with Crippen LogP contribution in [0.25, 0.3) is 0 Å². The first-order valence-corrected chi connectivity index (χ1v) is 6.28. The van der Waals surface area contributed by atoms with E-state index in [9.17, 15) is 8.78 Å². The zero-order valence-electron chi connectivity index (χ0n) is 10.1. The Morgan fingerprint density at radius 1 is 1.32 bits per heavy atom. The van der Waals surface area contributed by atoms with E-state index in [1.807, 2.05) is 0 Å². The lowest BCUT2D eigenvalue weighted by Crippen LogP contribution is -2.05. The van der Waals surface area contributed by atoms with E-state index in [2.05, 4.69) is 26.2 Å². The van der Waals surface area contributed by atoms with Gasteiger partial charge in [-0.15, -0.1) is 0 Å². The van der Waals surface area contributed by atoms with E-state index in [1.54, 1.807) is 18.2 Å². The first-order valence-electron chi connectivity index (χ1n) is 5.48. The minimum atomic E-state index is -0.658. The first kappa shape index (κ1) is 13.7. The molecule has 0 atom stereocenters. The Balaban J connectivity index is 2.14. The van der Waals surface area contributed by atoms with Gasteiger partial charge in [-0.3, -0.25) is 0 Å². The average molecular weight is 329 g/mol. The maximum Gasteiger partial charge on any atom is 0.213 e. The number of pyridine rings is 1. The second kappa shape index (κ2) is 5.97. The molecule has 19 heavy (non-hydrogen) atoms. The van der Waals surface area contributed by atoms with Crippen molar-refractivity contribution in [2.45, 2.75) is 6.54 Å². The molecule has 2 rings (SSSR count). The van der Waals surface area contributed by atoms with Gasteiger partial charge in [0.05, 0.1) is 25.0 Å². The van der Waals surface area contributed by atoms with Gasteiger partial charge < -0.3 is 10.1 Å². The van der Waals surface area contributed by atoms with Crippen LogP contribution >= 0.6 is 15.9 Å². The molecule has 0 radical (unpaired) electrons. The molecule has 1 heterocycles. The van der Waals surface area contributed by atoms with Gasteiger partial charge >= 0.3 is 0 Å². The van der Waals surface area contributed by atoms with Crippen LogP contribution < -0.4 is 10.1 Å². The highest BCUT2D eigenvalue weighted by Crippen LogP contribution is 2.27. The molecule has 0 saturated heterocycles. The van der Waals surface area contributed by atoms with Crippen LogP contribution in [-0.4, -0.2) is 12.1 Å². The van der Waals surface area contributed by atoms with Gasteiger partial charge in [0.2, 0.25) is 5.88 Å². The summed E-state index contributed by atoms with van der Waals surface area (Å²) in [4.78, 5) is 4.19. The Hall–Kier alpha value is -1.69. The minimum Gasteiger partial charge on any atom is -0.481 e. The Kier molecular flexibility index (Phi) is 4.31. The number of methoxy groups -OCH3 is 1. The molecule has 0 spiro atoms. The van der Waals surface area contributed by atoms with E-state index < -0.39 is 11.6 Å². The van der Waals surface area contributed by atoms with Crippen LogP contribution in [0, 0.1) is 11.6 Å². The Morgan fingerprint density at radius 3 is 2.79 bits per heavy atom. The number of halogens is 3. The molecule has 0 bridgehead atoms. The van der Waals surface area contributed by atoms with Crippen molar-refractivity contribution in [3.63, 3.8) is 0 Å². The molecule has 6 heteroatoms. The van der Waals surface area contributed by atoms with Gasteiger partial charge in [0.25, 0.3) is 0 Å². The van der Waals surface area contributed by atoms with Gasteiger partial charge in [-0.2, -0.15) is 0 Å². The largest absolute Gasteiger partial charge is 0.481 e. The number of ether oxygens (including phenoxy) is 1. The Morgan fingerprint density at radius 2 is 2.11 bits per heavy atom. The summed E-state index contributed by atoms with van der Waals surface area (Å²) in [5, 5.41) is 2.87. The molecule has 3 nitrogen and oxygen atoms in total. The highest BCUT2D eigenvalue weighted by Gasteiger charge is 2.09. The predicted octanol–water partition coefficient (Wildman–Crippen LogP) is 3.74. The summed E-state index contributed by atoms with van der Waals surface area (Å²) in [5.74, 6) is -0.804. The monoisotopic (exact) mass is 328 g/mol. The van der Waals surface area contributed by atoms with Crippen molar-refractivity contribution in [2.75, 3.05) is 12.4 Å². The van der Waals surface area contributed by atoms with Gasteiger partial charge in [0.1, 0.15) is 11.6 Å². The summed E-state index contributed by atoms with van der Waals surface area (Å²) in [6.45, 7) is 0.304. The number of hydrogen-bond acceptors (Lipinski definition) is 3. The zero-order chi connectivity index (χ0) is 13.8. The number of nitrogens with zero attached hydrogens (tertiary/aromatic N) is 1. The molecule has 100 valence electrons. The van der Waals surface area contributed by atoms with Crippen molar-refractivity contribution in [1.29, 1.82) is 0 Å². The quantitative estimate of drug-likeness (QED) is 0.928. The first-order chi connectivity index (χ1) is 9.10. The highest BCUT2D eigenvalue weighted by molar-refractivity contribution is 9.10. The molecule has 1 aromatic carbocycles. The van der Waals surface area contributed by atoms with Crippen LogP contribution in [0.1, 0.15) is 5.69 Å². The number of anilines is 1. The fourth-order valence-electron chi connectivity index (χ4n) is 1.56. The lowest BCUT2D eigenvalue weighted by Gasteiger charge is -2.10. The summed E-state index contributed by atoms with van der Waals surface area (Å²) in [6.07, 6.45) is 0. The highest BCUT2D eigenvalue weighted by atomic mass is 79.9. The molecular formula is C13H11BrF2N2O. The van der Waals surface area contributed by atoms with Gasteiger partial charge in [-0.05, 0) is 28.1 Å². The fourth-order valence-corrected chi connectivity index (χ4v) is 2.11. The second-order valence-corrected chi connectivity index (χ2v) is 4.62. The van der Waals surface area contributed by atoms with Gasteiger partial charge in [-0.25, -0.2) is 13.8 Å². The summed E-state index contributed by atoms with van der Waals surface area (Å²) >= 11 is 3.11. The predicted molar refractivity (Wildman–Crippen MR) is 72.2 cm³/mol. The average Bonchev–Trinajstić information content (AvgIpc) is 2.37. The fraction of sp³-hybridized carbons (Fsp3) is 0.154. The third kappa shape index (κ3) is 3.41. The third-order valence-corrected chi connectivity index (χ3v) is 3.07. The smallest absolute Gasteiger partial charge is 0.213 e. The SMILES string of the molecule is COc1cccc(CNc2c(F)cc(F)cc2Br)n1. The summed E-state index contributed by atoms with van der Waals surface area (Å²) in [5.41, 5.74) is 0.890. The van der Waals surface area contributed by atoms with E-state index in [0.29, 0.717) is 22.6 Å². The van der Waals surface area contributed by atoms with Crippen LogP contribution in [0.5, 0.6) is 5.88 Å². The molecule has 0 unspecified atom stereocenters. The lowest BCUT2D eigenvalue weighted by atomic mass is 10.2. The topological polar surface area (TPSA) is 34.1 Å². The van der Waals surface area contributed by atoms with Crippen LogP contribution in [-0.2, 0) is 6.54 Å². The van der Waals surface area contributed by atoms with Crippen LogP contribution in [0.3, 0.4) is 0 Å². The van der Waals surface area contributed by atoms with Gasteiger partial charge in [-0.1, -0.05) is 6.07 Å². The van der Waals surface area contributed by atoms with Crippen molar-refractivity contribution in [1.82, 2.24) is 4.98 Å². The number of rotatable bonds is 4. The van der Waals surface area contributed by atoms with Crippen LogP contribution in [0.2, 0.25) is 0 Å². The number of aromatic nitrogens is 1. The molecule has 0 aliphatic heterocycles. The van der Waals surface area contributed by atoms with Crippen molar-refractivity contribution >= 4 is 21.6 Å². The Bertz CT molecular complexity index is 570. The third-order valence-electron chi connectivity index (χ3n) is 2.44. The van der Waals surface area contributed by atoms with E-state index in [4.69, 9.17) is 4.74 Å². The van der Waals surface area contributed by atoms with Crippen molar-refractivity contribution in [3.8, 4) is 5.88 Å². The van der Waals surface area contributed by atoms with Crippen LogP contribution in [0.15, 0.2) is 34.8 Å². The molecule has 2 aromatic rings. The molecule has 0 amide bonds. The van der Waals surface area contributed by atoms with Crippen molar-refractivity contribution in [3.05, 3.63) is 52.1 Å². The molecule has 0 fully saturated rings. The number of hydrogen-bond donors (Lipinski definition) is 1. The van der Waals surface area contributed by atoms with E-state index >= 15 is 0 Å². The minimum absolute atomic E-state index is 0.200. The van der Waals surface area contributed by atoms with Gasteiger partial charge in [0.15, 0.2) is 0 Å². The van der Waals surface area contributed by atoms with Crippen LogP contribution in [0.4, 0.5) is 14.5 Å². The molecule has 0 saturated carbocycles. The Labute approximate surface area is 117 Å². The maximum absolute atomic E-state index is 13.6. The van der Waals surface area contributed by atoms with Crippen molar-refractivity contribution < 1.29 is 13.5 Å². The van der Waals surface area contributed by atoms with E-state index in [-0.39, 0.29) is 5.69 Å². The summed E-state index contributed by atoms with van der Waals surface area (Å²) in [7, 11) is 1.52. The van der Waals surface area contributed by atoms with Gasteiger partial charge in [0, 0.05) is 16.6 Å². The normalized spacial score (nSPS) is 10.3. The molecule has 1 aromatic heterocycles. The number of nitrogens with one attached hydrogen (secondary N) is 1. The van der Waals surface area contributed by atoms with E-state index in [1.165, 1.54) is 13.2 Å². The van der Waals surface area contributed by atoms with Crippen molar-refractivity contribution in [2.24, 2.45) is 0 Å². The summed E-state index contributed by atoms with van der Waals surface area (Å²) < 4.78 is 31.9. The maximum atomic E-state index is 13.6. The zero-order valence-corrected chi connectivity index (χ0v) is 11.7. The standard InChI is InChI=1S/C13H11BrF2N2O/c1-19-12-4-2-3-9(18-12)7-17-13-10(14)5-8(15)6-11(13)16/h2-6,17H,7H2,1H3. The summed E-state index contributed by atoms with van der Waals surface area (Å²) in [6, 6.07) is 7.32. The number of benzene rings is 1. The lowest BCUT2D eigenvalue weighted by molar-refractivity contribution is 0.396. The van der Waals surface area contributed by atoms with E-state index in [0.717, 1.165) is 6.07 Å². The molecule has 1 N–H and O–H groups in total. The molecule has 0 aliphatic rings. The second-order valence-electron chi connectivity index (χ2n) is 3.77.